The highest BCUT2D eigenvalue weighted by molar-refractivity contribution is 5.76. The summed E-state index contributed by atoms with van der Waals surface area (Å²) in [5, 5.41) is 7.35. The first-order valence-corrected chi connectivity index (χ1v) is 17.5. The molecule has 3 heteroatoms. The Morgan fingerprint density at radius 2 is 1.10 bits per heavy atom. The number of rotatable bonds is 4. The Morgan fingerprint density at radius 3 is 1.48 bits per heavy atom. The van der Waals surface area contributed by atoms with Crippen LogP contribution in [0.3, 0.4) is 0 Å². The molecule has 10 atom stereocenters. The van der Waals surface area contributed by atoms with Gasteiger partial charge in [-0.25, -0.2) is 4.79 Å². The Kier molecular flexibility index (Phi) is 7.30. The molecule has 4 fully saturated rings. The van der Waals surface area contributed by atoms with Crippen molar-refractivity contribution in [1.29, 1.82) is 0 Å². The van der Waals surface area contributed by atoms with Crippen LogP contribution >= 0.6 is 0 Å². The van der Waals surface area contributed by atoms with E-state index in [0.29, 0.717) is 23.7 Å². The molecule has 0 bridgehead atoms. The van der Waals surface area contributed by atoms with Crippen LogP contribution < -0.4 is 10.6 Å². The molecule has 0 heterocycles. The summed E-state index contributed by atoms with van der Waals surface area (Å²) >= 11 is 0. The summed E-state index contributed by atoms with van der Waals surface area (Å²) < 4.78 is 0. The molecule has 0 aromatic carbocycles. The van der Waals surface area contributed by atoms with E-state index in [2.05, 4.69) is 89.6 Å². The number of hydrogen-bond acceptors (Lipinski definition) is 1. The average Bonchev–Trinajstić information content (AvgIpc) is 2.92. The summed E-state index contributed by atoms with van der Waals surface area (Å²) in [5.41, 5.74) is 3.98. The number of nitrogens with one attached hydrogen (secondary N) is 2. The van der Waals surface area contributed by atoms with Crippen LogP contribution in [0.5, 0.6) is 0 Å². The summed E-state index contributed by atoms with van der Waals surface area (Å²) in [7, 11) is 0. The minimum atomic E-state index is -0.176. The lowest BCUT2D eigenvalue weighted by Crippen LogP contribution is -2.67. The molecule has 6 aliphatic rings. The van der Waals surface area contributed by atoms with Crippen LogP contribution in [0.25, 0.3) is 0 Å². The first-order chi connectivity index (χ1) is 19.7. The maximum absolute atomic E-state index is 14.1. The summed E-state index contributed by atoms with van der Waals surface area (Å²) in [6, 6.07) is 0.0730. The average molecular weight is 573 g/mol. The van der Waals surface area contributed by atoms with Gasteiger partial charge in [-0.05, 0) is 136 Å². The van der Waals surface area contributed by atoms with Gasteiger partial charge in [-0.1, -0.05) is 76.0 Å². The lowest BCUT2D eigenvalue weighted by molar-refractivity contribution is -0.0349. The number of carbonyl (C=O) groups is 1. The molecule has 0 radical (unpaired) electrons. The van der Waals surface area contributed by atoms with Gasteiger partial charge in [-0.2, -0.15) is 0 Å². The molecule has 0 aromatic rings. The van der Waals surface area contributed by atoms with Crippen molar-refractivity contribution in [1.82, 2.24) is 10.6 Å². The van der Waals surface area contributed by atoms with Crippen LogP contribution in [0, 0.1) is 45.3 Å². The van der Waals surface area contributed by atoms with Gasteiger partial charge in [0, 0.05) is 11.1 Å². The van der Waals surface area contributed by atoms with Gasteiger partial charge >= 0.3 is 6.03 Å². The van der Waals surface area contributed by atoms with Crippen LogP contribution in [0.2, 0.25) is 0 Å². The van der Waals surface area contributed by atoms with E-state index in [1.165, 1.54) is 51.4 Å². The van der Waals surface area contributed by atoms with Gasteiger partial charge in [-0.15, -0.1) is 13.2 Å². The second kappa shape index (κ2) is 10.1. The summed E-state index contributed by atoms with van der Waals surface area (Å²) in [6.45, 7) is 23.0. The Labute approximate surface area is 257 Å². The molecule has 4 saturated carbocycles. The molecule has 232 valence electrons. The fourth-order valence-corrected chi connectivity index (χ4v) is 12.1. The van der Waals surface area contributed by atoms with Crippen molar-refractivity contribution in [3.63, 3.8) is 0 Å². The van der Waals surface area contributed by atoms with E-state index in [1.54, 1.807) is 11.1 Å². The van der Waals surface area contributed by atoms with E-state index < -0.39 is 0 Å². The van der Waals surface area contributed by atoms with E-state index in [9.17, 15) is 4.79 Å². The van der Waals surface area contributed by atoms with Crippen LogP contribution in [-0.4, -0.2) is 17.1 Å². The minimum absolute atomic E-state index is 0.0730. The molecule has 0 aliphatic heterocycles. The van der Waals surface area contributed by atoms with E-state index in [-0.39, 0.29) is 38.8 Å². The molecule has 2 N–H and O–H groups in total. The predicted molar refractivity (Wildman–Crippen MR) is 176 cm³/mol. The first kappa shape index (κ1) is 30.3. The number of urea groups is 1. The van der Waals surface area contributed by atoms with Gasteiger partial charge in [0.25, 0.3) is 0 Å². The molecule has 6 aliphatic carbocycles. The third-order valence-corrected chi connectivity index (χ3v) is 14.7. The molecule has 0 saturated heterocycles. The van der Waals surface area contributed by atoms with Gasteiger partial charge in [-0.3, -0.25) is 0 Å². The van der Waals surface area contributed by atoms with Crippen molar-refractivity contribution in [2.45, 2.75) is 143 Å². The van der Waals surface area contributed by atoms with Crippen LogP contribution in [0.1, 0.15) is 131 Å². The largest absolute Gasteiger partial charge is 0.333 e. The summed E-state index contributed by atoms with van der Waals surface area (Å²) in [5.74, 6) is 2.26. The third-order valence-electron chi connectivity index (χ3n) is 14.7. The van der Waals surface area contributed by atoms with E-state index in [4.69, 9.17) is 0 Å². The third kappa shape index (κ3) is 4.70. The van der Waals surface area contributed by atoms with Crippen LogP contribution in [0.15, 0.2) is 48.6 Å². The standard InChI is InChI=1S/C39H60N2O/c1-9-34(3)23-17-29-27(25-34)13-15-31-36(29,5)19-11-21-38(31,7)40-33(42)41-39(8)22-12-20-37(6)30-18-24-35(4,10-2)26-28(30)14-16-32(37)39/h9-10,13-14,29-32H,1-2,11-12,15-26H2,3-8H3,(H2,40,41,42)/t29-,30-,31+,32+,34-,35-,36+,37+,38+,39+/m0/s1. The lowest BCUT2D eigenvalue weighted by atomic mass is 9.47. The second-order valence-electron chi connectivity index (χ2n) is 17.5. The highest BCUT2D eigenvalue weighted by Crippen LogP contribution is 2.63. The Balaban J connectivity index is 1.19. The molecule has 42 heavy (non-hydrogen) atoms. The van der Waals surface area contributed by atoms with E-state index in [1.807, 2.05) is 0 Å². The monoisotopic (exact) mass is 572 g/mol. The number of amides is 2. The van der Waals surface area contributed by atoms with E-state index >= 15 is 0 Å². The van der Waals surface area contributed by atoms with Gasteiger partial charge in [0.2, 0.25) is 0 Å². The molecule has 0 spiro atoms. The second-order valence-corrected chi connectivity index (χ2v) is 17.5. The maximum Gasteiger partial charge on any atom is 0.315 e. The Hall–Kier alpha value is -1.77. The number of carbonyl (C=O) groups excluding carboxylic acids is 1. The van der Waals surface area contributed by atoms with Crippen molar-refractivity contribution in [3.05, 3.63) is 48.6 Å². The van der Waals surface area contributed by atoms with Crippen LogP contribution in [0.4, 0.5) is 4.79 Å². The molecular formula is C39H60N2O. The van der Waals surface area contributed by atoms with Crippen molar-refractivity contribution < 1.29 is 4.79 Å². The van der Waals surface area contributed by atoms with Gasteiger partial charge in [0.15, 0.2) is 0 Å². The van der Waals surface area contributed by atoms with Gasteiger partial charge in [0.05, 0.1) is 0 Å². The highest BCUT2D eigenvalue weighted by Gasteiger charge is 2.58. The molecular weight excluding hydrogens is 512 g/mol. The van der Waals surface area contributed by atoms with Gasteiger partial charge in [0.1, 0.15) is 0 Å². The van der Waals surface area contributed by atoms with Crippen LogP contribution in [-0.2, 0) is 0 Å². The van der Waals surface area contributed by atoms with Crippen molar-refractivity contribution in [2.75, 3.05) is 0 Å². The summed E-state index contributed by atoms with van der Waals surface area (Å²) in [6.07, 6.45) is 26.1. The lowest BCUT2D eigenvalue weighted by Gasteiger charge is -2.61. The molecule has 6 rings (SSSR count). The quantitative estimate of drug-likeness (QED) is 0.323. The van der Waals surface area contributed by atoms with E-state index in [0.717, 1.165) is 38.5 Å². The molecule has 2 amide bonds. The number of allylic oxidation sites excluding steroid dienone is 6. The van der Waals surface area contributed by atoms with Crippen molar-refractivity contribution >= 4 is 6.03 Å². The number of hydrogen-bond donors (Lipinski definition) is 2. The minimum Gasteiger partial charge on any atom is -0.333 e. The fraction of sp³-hybridized carbons (Fsp3) is 0.769. The zero-order valence-corrected chi connectivity index (χ0v) is 27.8. The summed E-state index contributed by atoms with van der Waals surface area (Å²) in [4.78, 5) is 14.1. The fourth-order valence-electron chi connectivity index (χ4n) is 12.1. The van der Waals surface area contributed by atoms with Crippen molar-refractivity contribution in [2.24, 2.45) is 45.3 Å². The highest BCUT2D eigenvalue weighted by atomic mass is 16.2. The molecule has 0 unspecified atom stereocenters. The number of fused-ring (bicyclic) bond motifs is 6. The smallest absolute Gasteiger partial charge is 0.315 e. The zero-order chi connectivity index (χ0) is 30.2. The molecule has 3 nitrogen and oxygen atoms in total. The van der Waals surface area contributed by atoms with Gasteiger partial charge < -0.3 is 10.6 Å². The predicted octanol–water partition coefficient (Wildman–Crippen LogP) is 10.1. The van der Waals surface area contributed by atoms with Crippen molar-refractivity contribution in [3.8, 4) is 0 Å². The Bertz CT molecular complexity index is 1110. The topological polar surface area (TPSA) is 41.1 Å². The zero-order valence-electron chi connectivity index (χ0n) is 27.8. The molecule has 0 aromatic heterocycles. The maximum atomic E-state index is 14.1. The Morgan fingerprint density at radius 1 is 0.690 bits per heavy atom. The SMILES string of the molecule is C=C[C@@]1(C)CC[C@H]2C(=CC[C@@H]3[C@]2(C)CCC[C@@]3(C)NC(=O)N[C@]2(C)CCC[C@@]3(C)[C@H]2CC=C2C[C@@](C)(C=C)CC[C@@H]23)C1. The normalized spacial score (nSPS) is 50.0. The first-order valence-electron chi connectivity index (χ1n) is 17.5.